The number of thiophene rings is 1. The van der Waals surface area contributed by atoms with Crippen LogP contribution < -0.4 is 0 Å². The van der Waals surface area contributed by atoms with Crippen LogP contribution in [0.5, 0.6) is 0 Å². The summed E-state index contributed by atoms with van der Waals surface area (Å²) >= 11 is 1.85. The highest BCUT2D eigenvalue weighted by atomic mass is 32.1. The van der Waals surface area contributed by atoms with Crippen molar-refractivity contribution in [3.8, 4) is 0 Å². The lowest BCUT2D eigenvalue weighted by Crippen LogP contribution is -2.35. The lowest BCUT2D eigenvalue weighted by atomic mass is 10.1. The predicted octanol–water partition coefficient (Wildman–Crippen LogP) is 4.12. The van der Waals surface area contributed by atoms with E-state index in [0.717, 1.165) is 26.1 Å². The normalized spacial score (nSPS) is 13.0. The number of aryl methyl sites for hydroxylation is 1. The quantitative estimate of drug-likeness (QED) is 0.792. The van der Waals surface area contributed by atoms with E-state index < -0.39 is 0 Å². The first kappa shape index (κ1) is 17.2. The monoisotopic (exact) mass is 317 g/mol. The molecule has 0 fully saturated rings. The summed E-state index contributed by atoms with van der Waals surface area (Å²) in [5.74, 6) is 0.602. The van der Waals surface area contributed by atoms with Gasteiger partial charge in [-0.05, 0) is 37.0 Å². The molecule has 1 aromatic carbocycles. The van der Waals surface area contributed by atoms with Crippen molar-refractivity contribution < 1.29 is 5.11 Å². The first-order valence-corrected chi connectivity index (χ1v) is 8.84. The molecule has 2 rings (SSSR count). The summed E-state index contributed by atoms with van der Waals surface area (Å²) < 4.78 is 0. The molecule has 0 saturated heterocycles. The van der Waals surface area contributed by atoms with Crippen LogP contribution in [-0.4, -0.2) is 29.2 Å². The third-order valence-corrected chi connectivity index (χ3v) is 4.57. The van der Waals surface area contributed by atoms with Gasteiger partial charge >= 0.3 is 0 Å². The Hall–Kier alpha value is -1.16. The van der Waals surface area contributed by atoms with Crippen molar-refractivity contribution in [3.05, 3.63) is 57.8 Å². The largest absolute Gasteiger partial charge is 0.391 e. The van der Waals surface area contributed by atoms with Crippen LogP contribution in [0.4, 0.5) is 0 Å². The SMILES string of the molecule is Cc1ccc(CN(CC(C)C)C[C@H](O)Cc2ccccc2)s1. The molecule has 22 heavy (non-hydrogen) atoms. The summed E-state index contributed by atoms with van der Waals surface area (Å²) in [4.78, 5) is 5.11. The molecule has 0 aliphatic carbocycles. The van der Waals surface area contributed by atoms with Crippen molar-refractivity contribution in [2.75, 3.05) is 13.1 Å². The first-order chi connectivity index (χ1) is 10.5. The number of benzene rings is 1. The maximum Gasteiger partial charge on any atom is 0.0707 e. The van der Waals surface area contributed by atoms with Gasteiger partial charge in [0.25, 0.3) is 0 Å². The zero-order chi connectivity index (χ0) is 15.9. The van der Waals surface area contributed by atoms with Crippen LogP contribution in [0.1, 0.15) is 29.2 Å². The van der Waals surface area contributed by atoms with E-state index in [4.69, 9.17) is 0 Å². The van der Waals surface area contributed by atoms with E-state index in [1.807, 2.05) is 29.5 Å². The van der Waals surface area contributed by atoms with Gasteiger partial charge in [-0.3, -0.25) is 4.90 Å². The smallest absolute Gasteiger partial charge is 0.0707 e. The summed E-state index contributed by atoms with van der Waals surface area (Å²) in [6, 6.07) is 14.6. The minimum atomic E-state index is -0.317. The van der Waals surface area contributed by atoms with Crippen LogP contribution in [0.25, 0.3) is 0 Å². The molecule has 0 unspecified atom stereocenters. The maximum absolute atomic E-state index is 10.4. The molecular formula is C19H27NOS. The maximum atomic E-state index is 10.4. The molecule has 1 atom stereocenters. The highest BCUT2D eigenvalue weighted by molar-refractivity contribution is 7.11. The molecule has 1 heterocycles. The van der Waals surface area contributed by atoms with Gasteiger partial charge in [0.05, 0.1) is 6.10 Å². The fourth-order valence-corrected chi connectivity index (χ4v) is 3.69. The van der Waals surface area contributed by atoms with E-state index >= 15 is 0 Å². The van der Waals surface area contributed by atoms with E-state index in [9.17, 15) is 5.11 Å². The Labute approximate surface area is 138 Å². The fraction of sp³-hybridized carbons (Fsp3) is 0.474. The second kappa shape index (κ2) is 8.47. The van der Waals surface area contributed by atoms with Gasteiger partial charge in [-0.25, -0.2) is 0 Å². The van der Waals surface area contributed by atoms with Gasteiger partial charge in [-0.15, -0.1) is 11.3 Å². The summed E-state index contributed by atoms with van der Waals surface area (Å²) in [5, 5.41) is 10.4. The lowest BCUT2D eigenvalue weighted by molar-refractivity contribution is 0.102. The molecular weight excluding hydrogens is 290 g/mol. The zero-order valence-corrected chi connectivity index (χ0v) is 14.6. The van der Waals surface area contributed by atoms with Crippen LogP contribution in [0.15, 0.2) is 42.5 Å². The molecule has 0 bridgehead atoms. The molecule has 0 amide bonds. The van der Waals surface area contributed by atoms with E-state index in [2.05, 4.69) is 49.9 Å². The van der Waals surface area contributed by atoms with E-state index in [1.54, 1.807) is 0 Å². The number of rotatable bonds is 8. The molecule has 0 aliphatic heterocycles. The number of hydrogen-bond donors (Lipinski definition) is 1. The predicted molar refractivity (Wildman–Crippen MR) is 95.3 cm³/mol. The molecule has 1 N–H and O–H groups in total. The van der Waals surface area contributed by atoms with Crippen molar-refractivity contribution in [3.63, 3.8) is 0 Å². The number of nitrogens with zero attached hydrogens (tertiary/aromatic N) is 1. The average Bonchev–Trinajstić information content (AvgIpc) is 2.84. The molecule has 0 spiro atoms. The van der Waals surface area contributed by atoms with Gasteiger partial charge in [0, 0.05) is 29.4 Å². The number of aliphatic hydroxyl groups is 1. The minimum Gasteiger partial charge on any atom is -0.391 e. The van der Waals surface area contributed by atoms with Crippen molar-refractivity contribution >= 4 is 11.3 Å². The van der Waals surface area contributed by atoms with Gasteiger partial charge < -0.3 is 5.11 Å². The van der Waals surface area contributed by atoms with E-state index in [1.165, 1.54) is 15.3 Å². The summed E-state index contributed by atoms with van der Waals surface area (Å²) in [7, 11) is 0. The van der Waals surface area contributed by atoms with Gasteiger partial charge in [0.15, 0.2) is 0 Å². The Morgan fingerprint density at radius 3 is 2.36 bits per heavy atom. The summed E-state index contributed by atoms with van der Waals surface area (Å²) in [6.45, 7) is 9.28. The zero-order valence-electron chi connectivity index (χ0n) is 13.8. The van der Waals surface area contributed by atoms with Crippen LogP contribution in [-0.2, 0) is 13.0 Å². The van der Waals surface area contributed by atoms with Crippen LogP contribution in [0.2, 0.25) is 0 Å². The van der Waals surface area contributed by atoms with Crippen LogP contribution in [0.3, 0.4) is 0 Å². The van der Waals surface area contributed by atoms with Crippen LogP contribution in [0, 0.1) is 12.8 Å². The summed E-state index contributed by atoms with van der Waals surface area (Å²) in [6.07, 6.45) is 0.404. The molecule has 0 saturated carbocycles. The number of hydrogen-bond acceptors (Lipinski definition) is 3. The first-order valence-electron chi connectivity index (χ1n) is 8.02. The highest BCUT2D eigenvalue weighted by Gasteiger charge is 2.15. The minimum absolute atomic E-state index is 0.317. The van der Waals surface area contributed by atoms with Gasteiger partial charge in [0.2, 0.25) is 0 Å². The number of aliphatic hydroxyl groups excluding tert-OH is 1. The Morgan fingerprint density at radius 1 is 1.05 bits per heavy atom. The molecule has 3 heteroatoms. The Kier molecular flexibility index (Phi) is 6.62. The Balaban J connectivity index is 1.93. The Morgan fingerprint density at radius 2 is 1.77 bits per heavy atom. The third kappa shape index (κ3) is 5.91. The van der Waals surface area contributed by atoms with Gasteiger partial charge in [-0.1, -0.05) is 44.2 Å². The third-order valence-electron chi connectivity index (χ3n) is 3.58. The van der Waals surface area contributed by atoms with Crippen molar-refractivity contribution in [1.82, 2.24) is 4.90 Å². The van der Waals surface area contributed by atoms with Gasteiger partial charge in [-0.2, -0.15) is 0 Å². The van der Waals surface area contributed by atoms with Crippen molar-refractivity contribution in [2.24, 2.45) is 5.92 Å². The summed E-state index contributed by atoms with van der Waals surface area (Å²) in [5.41, 5.74) is 1.20. The molecule has 0 aliphatic rings. The van der Waals surface area contributed by atoms with Crippen molar-refractivity contribution in [1.29, 1.82) is 0 Å². The highest BCUT2D eigenvalue weighted by Crippen LogP contribution is 2.18. The molecule has 2 aromatic rings. The standard InChI is InChI=1S/C19H27NOS/c1-15(2)12-20(14-19-10-9-16(3)22-19)13-18(21)11-17-7-5-4-6-8-17/h4-10,15,18,21H,11-14H2,1-3H3/t18-/m1/s1. The van der Waals surface area contributed by atoms with Gasteiger partial charge in [0.1, 0.15) is 0 Å². The van der Waals surface area contributed by atoms with E-state index in [-0.39, 0.29) is 6.10 Å². The fourth-order valence-electron chi connectivity index (χ4n) is 2.76. The second-order valence-electron chi connectivity index (χ2n) is 6.44. The van der Waals surface area contributed by atoms with Crippen LogP contribution >= 0.6 is 11.3 Å². The average molecular weight is 317 g/mol. The van der Waals surface area contributed by atoms with E-state index in [0.29, 0.717) is 5.92 Å². The molecule has 1 aromatic heterocycles. The second-order valence-corrected chi connectivity index (χ2v) is 7.82. The Bertz CT molecular complexity index is 550. The molecule has 120 valence electrons. The van der Waals surface area contributed by atoms with Crippen molar-refractivity contribution in [2.45, 2.75) is 39.8 Å². The topological polar surface area (TPSA) is 23.5 Å². The molecule has 2 nitrogen and oxygen atoms in total. The molecule has 0 radical (unpaired) electrons. The lowest BCUT2D eigenvalue weighted by Gasteiger charge is -2.26.